The van der Waals surface area contributed by atoms with Crippen molar-refractivity contribution in [1.82, 2.24) is 0 Å². The van der Waals surface area contributed by atoms with Crippen LogP contribution in [0.15, 0.2) is 26.1 Å². The molecule has 1 N–H and O–H groups in total. The van der Waals surface area contributed by atoms with Crippen molar-refractivity contribution >= 4 is 44.0 Å². The molecule has 0 fully saturated rings. The van der Waals surface area contributed by atoms with Gasteiger partial charge in [0.1, 0.15) is 6.04 Å². The van der Waals surface area contributed by atoms with E-state index >= 15 is 0 Å². The summed E-state index contributed by atoms with van der Waals surface area (Å²) in [6.45, 7) is 3.54. The van der Waals surface area contributed by atoms with E-state index in [2.05, 4.69) is 36.9 Å². The molecule has 0 saturated carbocycles. The minimum Gasteiger partial charge on any atom is -0.871 e. The van der Waals surface area contributed by atoms with Crippen LogP contribution in [-0.2, 0) is 4.79 Å². The molecule has 1 atom stereocenters. The molecule has 0 amide bonds. The summed E-state index contributed by atoms with van der Waals surface area (Å²) in [7, 11) is 0. The van der Waals surface area contributed by atoms with Crippen molar-refractivity contribution in [1.29, 1.82) is 0 Å². The zero-order valence-corrected chi connectivity index (χ0v) is 17.1. The van der Waals surface area contributed by atoms with Gasteiger partial charge in [0.2, 0.25) is 0 Å². The molecule has 1 aromatic carbocycles. The summed E-state index contributed by atoms with van der Waals surface area (Å²) in [6.07, 6.45) is 1.32. The van der Waals surface area contributed by atoms with Crippen molar-refractivity contribution in [2.75, 3.05) is 0 Å². The molecular weight excluding hydrogens is 405 g/mol. The molecule has 19 heavy (non-hydrogen) atoms. The molecule has 0 heterocycles. The summed E-state index contributed by atoms with van der Waals surface area (Å²) in [4.78, 5) is 14.9. The van der Waals surface area contributed by atoms with Crippen molar-refractivity contribution < 1.29 is 66.4 Å². The first-order valence-corrected chi connectivity index (χ1v) is 6.83. The summed E-state index contributed by atoms with van der Waals surface area (Å²) in [5.74, 6) is -1.35. The van der Waals surface area contributed by atoms with Gasteiger partial charge < -0.3 is 10.2 Å². The van der Waals surface area contributed by atoms with Gasteiger partial charge in [-0.1, -0.05) is 51.5 Å². The van der Waals surface area contributed by atoms with E-state index in [0.717, 1.165) is 4.47 Å². The van der Waals surface area contributed by atoms with E-state index < -0.39 is 12.0 Å². The number of carbonyl (C=O) groups is 1. The number of aliphatic imine (C=N–C) groups is 1. The average Bonchev–Trinajstić information content (AvgIpc) is 2.23. The molecule has 98 valence electrons. The SMILES string of the molecule is CC(C)[C@H](N=Cc1cc(Br)cc(Br)c1[O-])C(=O)O.[K+]. The van der Waals surface area contributed by atoms with Gasteiger partial charge in [-0.05, 0) is 23.6 Å². The van der Waals surface area contributed by atoms with Crippen molar-refractivity contribution in [3.05, 3.63) is 26.6 Å². The quantitative estimate of drug-likeness (QED) is 0.546. The van der Waals surface area contributed by atoms with E-state index in [1.54, 1.807) is 26.0 Å². The molecule has 4 nitrogen and oxygen atoms in total. The predicted octanol–water partition coefficient (Wildman–Crippen LogP) is -0.183. The fraction of sp³-hybridized carbons (Fsp3) is 0.333. The van der Waals surface area contributed by atoms with Gasteiger partial charge in [0.25, 0.3) is 0 Å². The molecule has 0 bridgehead atoms. The molecule has 1 aromatic rings. The van der Waals surface area contributed by atoms with Crippen LogP contribution >= 0.6 is 31.9 Å². The van der Waals surface area contributed by atoms with Gasteiger partial charge in [0.15, 0.2) is 0 Å². The van der Waals surface area contributed by atoms with E-state index in [1.165, 1.54) is 6.21 Å². The molecule has 1 rings (SSSR count). The number of hydrogen-bond donors (Lipinski definition) is 1. The molecular formula is C12H12Br2KNO3. The number of hydrogen-bond acceptors (Lipinski definition) is 3. The van der Waals surface area contributed by atoms with E-state index in [9.17, 15) is 9.90 Å². The second kappa shape index (κ2) is 8.91. The van der Waals surface area contributed by atoms with Gasteiger partial charge in [0.05, 0.1) is 0 Å². The molecule has 0 aliphatic heterocycles. The number of rotatable bonds is 4. The Morgan fingerprint density at radius 1 is 1.42 bits per heavy atom. The van der Waals surface area contributed by atoms with E-state index in [-0.39, 0.29) is 63.1 Å². The molecule has 0 unspecified atom stereocenters. The van der Waals surface area contributed by atoms with Crippen molar-refractivity contribution in [3.8, 4) is 5.75 Å². The Morgan fingerprint density at radius 2 is 2.00 bits per heavy atom. The van der Waals surface area contributed by atoms with Crippen LogP contribution in [0.3, 0.4) is 0 Å². The molecule has 0 aliphatic rings. The third-order valence-corrected chi connectivity index (χ3v) is 3.34. The molecule has 0 spiro atoms. The Hall–Kier alpha value is 0.756. The van der Waals surface area contributed by atoms with Crippen LogP contribution in [-0.4, -0.2) is 23.3 Å². The summed E-state index contributed by atoms with van der Waals surface area (Å²) in [6, 6.07) is 2.40. The second-order valence-electron chi connectivity index (χ2n) is 4.11. The second-order valence-corrected chi connectivity index (χ2v) is 5.88. The van der Waals surface area contributed by atoms with Crippen molar-refractivity contribution in [2.24, 2.45) is 10.9 Å². The van der Waals surface area contributed by atoms with E-state index in [4.69, 9.17) is 5.11 Å². The first-order valence-electron chi connectivity index (χ1n) is 5.25. The maximum atomic E-state index is 11.8. The predicted molar refractivity (Wildman–Crippen MR) is 75.1 cm³/mol. The van der Waals surface area contributed by atoms with Crippen molar-refractivity contribution in [3.63, 3.8) is 0 Å². The summed E-state index contributed by atoms with van der Waals surface area (Å²) in [5, 5.41) is 20.8. The Labute approximate surface area is 171 Å². The monoisotopic (exact) mass is 415 g/mol. The molecule has 0 radical (unpaired) electrons. The zero-order chi connectivity index (χ0) is 13.9. The summed E-state index contributed by atoms with van der Waals surface area (Å²) < 4.78 is 1.14. The molecule has 7 heteroatoms. The van der Waals surface area contributed by atoms with Gasteiger partial charge in [-0.15, -0.1) is 0 Å². The topological polar surface area (TPSA) is 72.7 Å². The smallest absolute Gasteiger partial charge is 0.871 e. The number of benzene rings is 1. The van der Waals surface area contributed by atoms with Crippen LogP contribution in [0.1, 0.15) is 19.4 Å². The van der Waals surface area contributed by atoms with Crippen molar-refractivity contribution in [2.45, 2.75) is 19.9 Å². The Balaban J connectivity index is 0.00000324. The Bertz CT molecular complexity index is 492. The van der Waals surface area contributed by atoms with Crippen LogP contribution in [0.2, 0.25) is 0 Å². The first-order chi connectivity index (χ1) is 8.32. The van der Waals surface area contributed by atoms with Crippen LogP contribution < -0.4 is 56.5 Å². The zero-order valence-electron chi connectivity index (χ0n) is 10.9. The summed E-state index contributed by atoms with van der Waals surface area (Å²) >= 11 is 6.41. The minimum atomic E-state index is -0.997. The maximum Gasteiger partial charge on any atom is 1.00 e. The molecule has 0 aromatic heterocycles. The third kappa shape index (κ3) is 5.95. The normalized spacial score (nSPS) is 12.5. The average molecular weight is 417 g/mol. The largest absolute Gasteiger partial charge is 1.00 e. The van der Waals surface area contributed by atoms with Crippen LogP contribution in [0.25, 0.3) is 0 Å². The van der Waals surface area contributed by atoms with Gasteiger partial charge in [-0.25, -0.2) is 4.79 Å². The molecule has 0 saturated heterocycles. The van der Waals surface area contributed by atoms with Crippen LogP contribution in [0.5, 0.6) is 5.75 Å². The molecule has 0 aliphatic carbocycles. The first kappa shape index (κ1) is 19.8. The Kier molecular flexibility index (Phi) is 9.27. The maximum absolute atomic E-state index is 11.8. The van der Waals surface area contributed by atoms with E-state index in [0.29, 0.717) is 10.0 Å². The van der Waals surface area contributed by atoms with Crippen LogP contribution in [0, 0.1) is 5.92 Å². The van der Waals surface area contributed by atoms with Gasteiger partial charge >= 0.3 is 57.4 Å². The number of nitrogens with zero attached hydrogens (tertiary/aromatic N) is 1. The number of carboxylic acid groups (broad SMARTS) is 1. The standard InChI is InChI=1S/C12H13Br2NO3.K/c1-6(2)10(12(17)18)15-5-7-3-8(13)4-9(14)11(7)16;/h3-6,10,16H,1-2H3,(H,17,18);/q;+1/p-1/t10-;/m0./s1. The minimum absolute atomic E-state index is 0. The van der Waals surface area contributed by atoms with E-state index in [1.807, 2.05) is 0 Å². The fourth-order valence-electron chi connectivity index (χ4n) is 1.36. The van der Waals surface area contributed by atoms with Gasteiger partial charge in [-0.2, -0.15) is 0 Å². The van der Waals surface area contributed by atoms with Gasteiger partial charge in [-0.3, -0.25) is 4.99 Å². The number of halogens is 2. The van der Waals surface area contributed by atoms with Crippen LogP contribution in [0.4, 0.5) is 0 Å². The fourth-order valence-corrected chi connectivity index (χ4v) is 2.62. The Morgan fingerprint density at radius 3 is 2.47 bits per heavy atom. The summed E-state index contributed by atoms with van der Waals surface area (Å²) in [5.41, 5.74) is 0.350. The number of aliphatic carboxylic acids is 1. The number of carboxylic acids is 1. The van der Waals surface area contributed by atoms with Gasteiger partial charge in [0, 0.05) is 15.2 Å². The third-order valence-electron chi connectivity index (χ3n) is 2.30.